The Bertz CT molecular complexity index is 681. The van der Waals surface area contributed by atoms with E-state index < -0.39 is 0 Å². The molecular formula is C28H46O3. The van der Waals surface area contributed by atoms with Crippen LogP contribution in [0, 0.1) is 17.8 Å². The van der Waals surface area contributed by atoms with Crippen LogP contribution in [0.3, 0.4) is 0 Å². The van der Waals surface area contributed by atoms with E-state index in [9.17, 15) is 4.79 Å². The third kappa shape index (κ3) is 9.66. The highest BCUT2D eigenvalue weighted by Crippen LogP contribution is 2.38. The Morgan fingerprint density at radius 1 is 1.00 bits per heavy atom. The van der Waals surface area contributed by atoms with E-state index in [1.807, 2.05) is 18.2 Å². The van der Waals surface area contributed by atoms with Gasteiger partial charge in [-0.15, -0.1) is 0 Å². The zero-order valence-electron chi connectivity index (χ0n) is 21.0. The zero-order chi connectivity index (χ0) is 22.9. The normalized spacial score (nSPS) is 20.1. The van der Waals surface area contributed by atoms with E-state index in [4.69, 9.17) is 9.47 Å². The van der Waals surface area contributed by atoms with E-state index >= 15 is 0 Å². The molecule has 1 aromatic rings. The first-order valence-electron chi connectivity index (χ1n) is 12.7. The van der Waals surface area contributed by atoms with Crippen molar-refractivity contribution in [3.05, 3.63) is 23.8 Å². The Balaban J connectivity index is 1.66. The molecule has 0 saturated carbocycles. The maximum Gasteiger partial charge on any atom is 0.308 e. The smallest absolute Gasteiger partial charge is 0.308 e. The zero-order valence-corrected chi connectivity index (χ0v) is 21.0. The highest BCUT2D eigenvalue weighted by Gasteiger charge is 2.31. The topological polar surface area (TPSA) is 35.5 Å². The molecule has 0 bridgehead atoms. The minimum atomic E-state index is -0.281. The molecule has 1 aliphatic heterocycles. The second-order valence-electron chi connectivity index (χ2n) is 10.8. The Morgan fingerprint density at radius 3 is 2.23 bits per heavy atom. The molecule has 0 saturated heterocycles. The summed E-state index contributed by atoms with van der Waals surface area (Å²) in [6.45, 7) is 13.2. The summed E-state index contributed by atoms with van der Waals surface area (Å²) in [5.41, 5.74) is 1.06. The summed E-state index contributed by atoms with van der Waals surface area (Å²) in [4.78, 5) is 11.2. The number of ether oxygens (including phenoxy) is 2. The number of aryl methyl sites for hydroxylation is 1. The van der Waals surface area contributed by atoms with Crippen molar-refractivity contribution in [2.45, 2.75) is 118 Å². The van der Waals surface area contributed by atoms with Gasteiger partial charge in [-0.25, -0.2) is 0 Å². The van der Waals surface area contributed by atoms with Gasteiger partial charge in [0, 0.05) is 6.92 Å². The van der Waals surface area contributed by atoms with Gasteiger partial charge in [0.1, 0.15) is 17.1 Å². The van der Waals surface area contributed by atoms with Gasteiger partial charge >= 0.3 is 5.97 Å². The fourth-order valence-electron chi connectivity index (χ4n) is 4.77. The van der Waals surface area contributed by atoms with E-state index in [2.05, 4.69) is 34.6 Å². The van der Waals surface area contributed by atoms with E-state index in [1.54, 1.807) is 0 Å². The second-order valence-corrected chi connectivity index (χ2v) is 10.8. The lowest BCUT2D eigenvalue weighted by molar-refractivity contribution is -0.131. The van der Waals surface area contributed by atoms with Crippen molar-refractivity contribution >= 4 is 5.97 Å². The van der Waals surface area contributed by atoms with Gasteiger partial charge in [-0.3, -0.25) is 4.79 Å². The Labute approximate surface area is 191 Å². The largest absolute Gasteiger partial charge is 0.487 e. The van der Waals surface area contributed by atoms with Crippen molar-refractivity contribution in [3.63, 3.8) is 0 Å². The highest BCUT2D eigenvalue weighted by molar-refractivity contribution is 5.69. The first kappa shape index (κ1) is 25.7. The molecular weight excluding hydrogens is 384 g/mol. The number of benzene rings is 1. The molecule has 0 fully saturated rings. The summed E-state index contributed by atoms with van der Waals surface area (Å²) in [6.07, 6.45) is 13.9. The summed E-state index contributed by atoms with van der Waals surface area (Å²) in [7, 11) is 0. The van der Waals surface area contributed by atoms with Crippen molar-refractivity contribution in [2.24, 2.45) is 17.8 Å². The molecule has 0 aliphatic carbocycles. The number of hydrogen-bond acceptors (Lipinski definition) is 3. The van der Waals surface area contributed by atoms with Gasteiger partial charge in [0.05, 0.1) is 0 Å². The van der Waals surface area contributed by atoms with Crippen LogP contribution in [0.4, 0.5) is 0 Å². The van der Waals surface area contributed by atoms with Crippen LogP contribution in [0.2, 0.25) is 0 Å². The summed E-state index contributed by atoms with van der Waals surface area (Å²) in [5, 5.41) is 0. The minimum Gasteiger partial charge on any atom is -0.487 e. The molecule has 3 heteroatoms. The molecule has 3 atom stereocenters. The number of carbonyl (C=O) groups is 1. The van der Waals surface area contributed by atoms with Crippen molar-refractivity contribution in [3.8, 4) is 11.5 Å². The van der Waals surface area contributed by atoms with Crippen LogP contribution < -0.4 is 9.47 Å². The lowest BCUT2D eigenvalue weighted by Crippen LogP contribution is -2.36. The van der Waals surface area contributed by atoms with Gasteiger partial charge < -0.3 is 9.47 Å². The van der Waals surface area contributed by atoms with Gasteiger partial charge in [-0.1, -0.05) is 72.6 Å². The van der Waals surface area contributed by atoms with Crippen LogP contribution in [-0.4, -0.2) is 11.6 Å². The molecule has 0 spiro atoms. The monoisotopic (exact) mass is 430 g/mol. The standard InChI is InChI=1S/C28H46O3/c1-21(2)10-7-11-22(3)12-8-13-23(4)14-9-18-28(6)19-17-25-20-26(30-24(5)29)15-16-27(25)31-28/h15-16,20-23H,7-14,17-19H2,1-6H3. The van der Waals surface area contributed by atoms with Gasteiger partial charge in [-0.05, 0) is 74.1 Å². The Morgan fingerprint density at radius 2 is 1.61 bits per heavy atom. The number of fused-ring (bicyclic) bond motifs is 1. The molecule has 0 N–H and O–H groups in total. The number of esters is 1. The maximum absolute atomic E-state index is 11.2. The molecule has 1 aromatic carbocycles. The lowest BCUT2D eigenvalue weighted by atomic mass is 9.86. The fourth-order valence-corrected chi connectivity index (χ4v) is 4.77. The van der Waals surface area contributed by atoms with Crippen molar-refractivity contribution < 1.29 is 14.3 Å². The molecule has 31 heavy (non-hydrogen) atoms. The summed E-state index contributed by atoms with van der Waals surface area (Å²) >= 11 is 0. The first-order chi connectivity index (χ1) is 14.7. The van der Waals surface area contributed by atoms with Gasteiger partial charge in [0.15, 0.2) is 0 Å². The van der Waals surface area contributed by atoms with Crippen LogP contribution in [0.15, 0.2) is 18.2 Å². The second kappa shape index (κ2) is 12.5. The van der Waals surface area contributed by atoms with Crippen LogP contribution in [0.25, 0.3) is 0 Å². The molecule has 2 rings (SSSR count). The molecule has 0 radical (unpaired) electrons. The van der Waals surface area contributed by atoms with Crippen LogP contribution >= 0.6 is 0 Å². The predicted octanol–water partition coefficient (Wildman–Crippen LogP) is 8.13. The van der Waals surface area contributed by atoms with Crippen molar-refractivity contribution in [1.82, 2.24) is 0 Å². The van der Waals surface area contributed by atoms with Gasteiger partial charge in [-0.2, -0.15) is 0 Å². The summed E-state index contributed by atoms with van der Waals surface area (Å²) in [5.74, 6) is 3.80. The molecule has 1 heterocycles. The number of hydrogen-bond donors (Lipinski definition) is 0. The summed E-state index contributed by atoms with van der Waals surface area (Å²) < 4.78 is 11.6. The average Bonchev–Trinajstić information content (AvgIpc) is 2.67. The van der Waals surface area contributed by atoms with Crippen LogP contribution in [0.5, 0.6) is 11.5 Å². The molecule has 176 valence electrons. The van der Waals surface area contributed by atoms with E-state index in [1.165, 1.54) is 58.3 Å². The quantitative estimate of drug-likeness (QED) is 0.234. The van der Waals surface area contributed by atoms with E-state index in [0.717, 1.165) is 48.3 Å². The highest BCUT2D eigenvalue weighted by atomic mass is 16.5. The Kier molecular flexibility index (Phi) is 10.4. The number of rotatable bonds is 13. The Hall–Kier alpha value is -1.51. The predicted molar refractivity (Wildman–Crippen MR) is 130 cm³/mol. The van der Waals surface area contributed by atoms with E-state index in [0.29, 0.717) is 5.75 Å². The number of carbonyl (C=O) groups excluding carboxylic acids is 1. The third-order valence-corrected chi connectivity index (χ3v) is 6.85. The fraction of sp³-hybridized carbons (Fsp3) is 0.750. The molecule has 3 nitrogen and oxygen atoms in total. The molecule has 3 unspecified atom stereocenters. The van der Waals surface area contributed by atoms with Crippen molar-refractivity contribution in [2.75, 3.05) is 0 Å². The summed E-state index contributed by atoms with van der Waals surface area (Å²) in [6, 6.07) is 5.73. The van der Waals surface area contributed by atoms with Gasteiger partial charge in [0.25, 0.3) is 0 Å². The minimum absolute atomic E-state index is 0.0827. The van der Waals surface area contributed by atoms with Crippen molar-refractivity contribution in [1.29, 1.82) is 0 Å². The SMILES string of the molecule is CC(=O)Oc1ccc2c(c1)CCC(C)(CCCC(C)CCCC(C)CCCC(C)C)O2. The molecule has 0 aromatic heterocycles. The third-order valence-electron chi connectivity index (χ3n) is 6.85. The molecule has 0 amide bonds. The van der Waals surface area contributed by atoms with Crippen LogP contribution in [0.1, 0.15) is 111 Å². The average molecular weight is 431 g/mol. The van der Waals surface area contributed by atoms with Crippen LogP contribution in [-0.2, 0) is 11.2 Å². The van der Waals surface area contributed by atoms with E-state index in [-0.39, 0.29) is 11.6 Å². The van der Waals surface area contributed by atoms with Gasteiger partial charge in [0.2, 0.25) is 0 Å². The maximum atomic E-state index is 11.2. The lowest BCUT2D eigenvalue weighted by Gasteiger charge is -2.36. The first-order valence-corrected chi connectivity index (χ1v) is 12.7. The molecule has 1 aliphatic rings.